The Balaban J connectivity index is 2.30. The van der Waals surface area contributed by atoms with E-state index < -0.39 is 6.03 Å². The summed E-state index contributed by atoms with van der Waals surface area (Å²) in [4.78, 5) is 10.8. The number of nitrogens with one attached hydrogen (secondary N) is 1. The Labute approximate surface area is 109 Å². The van der Waals surface area contributed by atoms with Gasteiger partial charge in [-0.3, -0.25) is 0 Å². The first kappa shape index (κ1) is 13.1. The second kappa shape index (κ2) is 4.11. The van der Waals surface area contributed by atoms with Gasteiger partial charge in [-0.05, 0) is 41.6 Å². The van der Waals surface area contributed by atoms with Gasteiger partial charge in [0.2, 0.25) is 0 Å². The van der Waals surface area contributed by atoms with Crippen molar-refractivity contribution in [3.63, 3.8) is 0 Å². The molecule has 2 atom stereocenters. The molecule has 18 heavy (non-hydrogen) atoms. The molecule has 4 heteroatoms. The van der Waals surface area contributed by atoms with Gasteiger partial charge in [-0.2, -0.15) is 5.10 Å². The van der Waals surface area contributed by atoms with Crippen LogP contribution in [0.4, 0.5) is 4.79 Å². The summed E-state index contributed by atoms with van der Waals surface area (Å²) in [5.74, 6) is 0.552. The molecule has 0 spiro atoms. The van der Waals surface area contributed by atoms with Crippen molar-refractivity contribution in [1.82, 2.24) is 5.43 Å². The van der Waals surface area contributed by atoms with Crippen molar-refractivity contribution in [3.8, 4) is 0 Å². The van der Waals surface area contributed by atoms with E-state index in [0.717, 1.165) is 12.1 Å². The largest absolute Gasteiger partial charge is 0.350 e. The predicted octanol–water partition coefficient (Wildman–Crippen LogP) is 2.80. The van der Waals surface area contributed by atoms with Crippen LogP contribution in [0.5, 0.6) is 0 Å². The Hall–Kier alpha value is -1.32. The van der Waals surface area contributed by atoms with E-state index in [-0.39, 0.29) is 10.8 Å². The van der Waals surface area contributed by atoms with Gasteiger partial charge >= 0.3 is 6.03 Å². The molecule has 2 rings (SSSR count). The highest BCUT2D eigenvalue weighted by molar-refractivity contribution is 6.01. The summed E-state index contributed by atoms with van der Waals surface area (Å²) in [6.07, 6.45) is 5.64. The molecule has 0 radical (unpaired) electrons. The first-order valence-electron chi connectivity index (χ1n) is 6.67. The molecule has 2 aliphatic carbocycles. The van der Waals surface area contributed by atoms with E-state index >= 15 is 0 Å². The van der Waals surface area contributed by atoms with E-state index in [1.54, 1.807) is 0 Å². The first-order chi connectivity index (χ1) is 8.32. The van der Waals surface area contributed by atoms with Crippen LogP contribution in [0, 0.1) is 16.7 Å². The van der Waals surface area contributed by atoms with Crippen molar-refractivity contribution in [2.45, 2.75) is 47.0 Å². The summed E-state index contributed by atoms with van der Waals surface area (Å²) >= 11 is 0. The lowest BCUT2D eigenvalue weighted by Crippen LogP contribution is -2.29. The maximum Gasteiger partial charge on any atom is 0.332 e. The van der Waals surface area contributed by atoms with Gasteiger partial charge in [0.25, 0.3) is 0 Å². The van der Waals surface area contributed by atoms with Crippen molar-refractivity contribution < 1.29 is 4.79 Å². The molecule has 2 aliphatic rings. The molecular formula is C14H23N3O. The monoisotopic (exact) mass is 249 g/mol. The second-order valence-corrected chi connectivity index (χ2v) is 6.22. The molecule has 0 aliphatic heterocycles. The summed E-state index contributed by atoms with van der Waals surface area (Å²) in [7, 11) is 0. The topological polar surface area (TPSA) is 67.5 Å². The van der Waals surface area contributed by atoms with E-state index in [0.29, 0.717) is 5.92 Å². The van der Waals surface area contributed by atoms with Gasteiger partial charge in [0.05, 0.1) is 5.71 Å². The molecule has 0 saturated heterocycles. The van der Waals surface area contributed by atoms with Crippen LogP contribution in [-0.4, -0.2) is 11.7 Å². The number of carbonyl (C=O) groups is 1. The summed E-state index contributed by atoms with van der Waals surface area (Å²) in [5.41, 5.74) is 10.3. The molecule has 1 fully saturated rings. The fourth-order valence-electron chi connectivity index (χ4n) is 3.53. The van der Waals surface area contributed by atoms with Crippen LogP contribution in [0.15, 0.2) is 16.8 Å². The molecule has 0 unspecified atom stereocenters. The highest BCUT2D eigenvalue weighted by Gasteiger charge is 2.56. The summed E-state index contributed by atoms with van der Waals surface area (Å²) in [6.45, 7) is 9.06. The van der Waals surface area contributed by atoms with Gasteiger partial charge in [0, 0.05) is 0 Å². The number of primary amides is 1. The number of amides is 2. The van der Waals surface area contributed by atoms with Gasteiger partial charge in [0.15, 0.2) is 0 Å². The third-order valence-corrected chi connectivity index (χ3v) is 5.11. The molecule has 0 heterocycles. The molecule has 2 bridgehead atoms. The number of hydrogen-bond donors (Lipinski definition) is 2. The lowest BCUT2D eigenvalue weighted by atomic mass is 9.70. The number of hydrazone groups is 1. The Morgan fingerprint density at radius 1 is 1.56 bits per heavy atom. The number of nitrogens with zero attached hydrogens (tertiary/aromatic N) is 1. The van der Waals surface area contributed by atoms with Crippen molar-refractivity contribution in [3.05, 3.63) is 11.6 Å². The SMILES string of the molecule is CC/C(=N\NC(N)=O)C1=C[C@@]2(C)CC[C@@H]1C2(C)C. The molecule has 4 nitrogen and oxygen atoms in total. The van der Waals surface area contributed by atoms with E-state index in [1.165, 1.54) is 18.4 Å². The molecule has 0 aromatic heterocycles. The highest BCUT2D eigenvalue weighted by atomic mass is 16.2. The Kier molecular flexibility index (Phi) is 2.99. The maximum absolute atomic E-state index is 10.8. The Morgan fingerprint density at radius 3 is 2.61 bits per heavy atom. The van der Waals surface area contributed by atoms with Crippen LogP contribution in [-0.2, 0) is 0 Å². The van der Waals surface area contributed by atoms with Crippen LogP contribution < -0.4 is 11.2 Å². The standard InChI is InChI=1S/C14H23N3O/c1-5-11(16-17-12(15)18)9-8-14(4)7-6-10(9)13(14,2)3/h8,10H,5-7H2,1-4H3,(H3,15,17,18)/b16-11+/t10-,14+/m0/s1. The van der Waals surface area contributed by atoms with Crippen molar-refractivity contribution in [2.75, 3.05) is 0 Å². The second-order valence-electron chi connectivity index (χ2n) is 6.22. The summed E-state index contributed by atoms with van der Waals surface area (Å²) in [5, 5.41) is 4.16. The van der Waals surface area contributed by atoms with Crippen LogP contribution in [0.2, 0.25) is 0 Å². The number of fused-ring (bicyclic) bond motifs is 2. The number of hydrogen-bond acceptors (Lipinski definition) is 2. The normalized spacial score (nSPS) is 33.4. The fraction of sp³-hybridized carbons (Fsp3) is 0.714. The van der Waals surface area contributed by atoms with Gasteiger partial charge in [-0.15, -0.1) is 0 Å². The zero-order valence-electron chi connectivity index (χ0n) is 11.7. The van der Waals surface area contributed by atoms with Crippen molar-refractivity contribution >= 4 is 11.7 Å². The summed E-state index contributed by atoms with van der Waals surface area (Å²) in [6, 6.07) is -0.602. The molecule has 0 aromatic carbocycles. The van der Waals surface area contributed by atoms with Crippen LogP contribution in [0.25, 0.3) is 0 Å². The van der Waals surface area contributed by atoms with Crippen LogP contribution >= 0.6 is 0 Å². The maximum atomic E-state index is 10.8. The van der Waals surface area contributed by atoms with Gasteiger partial charge < -0.3 is 5.73 Å². The number of carbonyl (C=O) groups excluding carboxylic acids is 1. The third-order valence-electron chi connectivity index (χ3n) is 5.11. The van der Waals surface area contributed by atoms with Gasteiger partial charge in [-0.25, -0.2) is 10.2 Å². The minimum absolute atomic E-state index is 0.260. The number of allylic oxidation sites excluding steroid dienone is 2. The third kappa shape index (κ3) is 1.74. The van der Waals surface area contributed by atoms with E-state index in [4.69, 9.17) is 5.73 Å². The quantitative estimate of drug-likeness (QED) is 0.586. The minimum atomic E-state index is -0.602. The zero-order valence-corrected chi connectivity index (χ0v) is 11.7. The zero-order chi connectivity index (χ0) is 13.6. The molecule has 2 amide bonds. The molecular weight excluding hydrogens is 226 g/mol. The van der Waals surface area contributed by atoms with Crippen LogP contribution in [0.3, 0.4) is 0 Å². The van der Waals surface area contributed by atoms with E-state index in [1.807, 2.05) is 0 Å². The molecule has 100 valence electrons. The number of nitrogens with two attached hydrogens (primary N) is 1. The molecule has 1 saturated carbocycles. The highest BCUT2D eigenvalue weighted by Crippen LogP contribution is 2.64. The smallest absolute Gasteiger partial charge is 0.332 e. The summed E-state index contributed by atoms with van der Waals surface area (Å²) < 4.78 is 0. The lowest BCUT2D eigenvalue weighted by molar-refractivity contribution is 0.180. The predicted molar refractivity (Wildman–Crippen MR) is 73.1 cm³/mol. The fourth-order valence-corrected chi connectivity index (χ4v) is 3.53. The minimum Gasteiger partial charge on any atom is -0.350 e. The first-order valence-corrected chi connectivity index (χ1v) is 6.67. The van der Waals surface area contributed by atoms with E-state index in [9.17, 15) is 4.79 Å². The Bertz CT molecular complexity index is 436. The van der Waals surface area contributed by atoms with Gasteiger partial charge in [-0.1, -0.05) is 33.8 Å². The van der Waals surface area contributed by atoms with Crippen LogP contribution in [0.1, 0.15) is 47.0 Å². The number of rotatable bonds is 3. The average Bonchev–Trinajstić information content (AvgIpc) is 2.61. The van der Waals surface area contributed by atoms with Crippen molar-refractivity contribution in [1.29, 1.82) is 0 Å². The lowest BCUT2D eigenvalue weighted by Gasteiger charge is -2.34. The molecule has 3 N–H and O–H groups in total. The van der Waals surface area contributed by atoms with E-state index in [2.05, 4.69) is 44.3 Å². The Morgan fingerprint density at radius 2 is 2.22 bits per heavy atom. The molecule has 0 aromatic rings. The average molecular weight is 249 g/mol. The van der Waals surface area contributed by atoms with Gasteiger partial charge in [0.1, 0.15) is 0 Å². The van der Waals surface area contributed by atoms with Crippen molar-refractivity contribution in [2.24, 2.45) is 27.6 Å². The number of urea groups is 1.